The number of nitrogens with zero attached hydrogens (tertiary/aromatic N) is 2. The first-order valence-electron chi connectivity index (χ1n) is 8.15. The summed E-state index contributed by atoms with van der Waals surface area (Å²) in [7, 11) is 3.04. The summed E-state index contributed by atoms with van der Waals surface area (Å²) in [5.41, 5.74) is 2.18. The molecule has 2 rings (SSSR count). The molecule has 0 fully saturated rings. The standard InChI is InChI=1S/C19H22N2O2S2/c1-3-21(4-2)18(16-12-8-9-13-17(16)19(22)23)20-25-24-14-15-10-6-5-7-11-15/h5-13H,3-4,14H2,1-2H3,(H,22,23). The average Bonchev–Trinajstić information content (AvgIpc) is 2.65. The molecule has 0 unspecified atom stereocenters. The number of benzene rings is 2. The molecule has 1 N–H and O–H groups in total. The predicted molar refractivity (Wildman–Crippen MR) is 108 cm³/mol. The third kappa shape index (κ3) is 5.54. The topological polar surface area (TPSA) is 52.9 Å². The van der Waals surface area contributed by atoms with Gasteiger partial charge in [-0.1, -0.05) is 59.3 Å². The fraction of sp³-hybridized carbons (Fsp3) is 0.263. The Kier molecular flexibility index (Phi) is 7.88. The summed E-state index contributed by atoms with van der Waals surface area (Å²) in [5, 5.41) is 9.48. The van der Waals surface area contributed by atoms with E-state index in [9.17, 15) is 9.90 Å². The van der Waals surface area contributed by atoms with E-state index in [1.54, 1.807) is 22.9 Å². The summed E-state index contributed by atoms with van der Waals surface area (Å²) in [6.45, 7) is 5.63. The molecule has 0 aliphatic heterocycles. The van der Waals surface area contributed by atoms with Gasteiger partial charge >= 0.3 is 5.97 Å². The van der Waals surface area contributed by atoms with Crippen molar-refractivity contribution in [2.24, 2.45) is 4.40 Å². The monoisotopic (exact) mass is 374 g/mol. The van der Waals surface area contributed by atoms with E-state index in [4.69, 9.17) is 0 Å². The second kappa shape index (κ2) is 10.2. The molecule has 0 saturated carbocycles. The highest BCUT2D eigenvalue weighted by Crippen LogP contribution is 2.28. The van der Waals surface area contributed by atoms with E-state index in [0.29, 0.717) is 11.4 Å². The van der Waals surface area contributed by atoms with E-state index in [1.165, 1.54) is 16.5 Å². The quantitative estimate of drug-likeness (QED) is 0.232. The molecular weight excluding hydrogens is 352 g/mol. The van der Waals surface area contributed by atoms with Crippen LogP contribution in [0.5, 0.6) is 0 Å². The van der Waals surface area contributed by atoms with Crippen LogP contribution in [-0.2, 0) is 5.75 Å². The highest BCUT2D eigenvalue weighted by molar-refractivity contribution is 8.75. The normalized spacial score (nSPS) is 11.4. The first-order chi connectivity index (χ1) is 12.2. The molecule has 0 heterocycles. The number of hydrogen-bond acceptors (Lipinski definition) is 4. The van der Waals surface area contributed by atoms with E-state index >= 15 is 0 Å². The molecule has 132 valence electrons. The smallest absolute Gasteiger partial charge is 0.336 e. The SMILES string of the molecule is CCN(CC)C(=NSSCc1ccccc1)c1ccccc1C(=O)O. The lowest BCUT2D eigenvalue weighted by molar-refractivity contribution is 0.0696. The summed E-state index contributed by atoms with van der Waals surface area (Å²) in [6.07, 6.45) is 0. The van der Waals surface area contributed by atoms with Crippen molar-refractivity contribution >= 4 is 33.6 Å². The second-order valence-electron chi connectivity index (χ2n) is 5.26. The van der Waals surface area contributed by atoms with Gasteiger partial charge in [0.25, 0.3) is 0 Å². The molecule has 0 atom stereocenters. The van der Waals surface area contributed by atoms with E-state index in [1.807, 2.05) is 44.2 Å². The molecule has 4 nitrogen and oxygen atoms in total. The van der Waals surface area contributed by atoms with Gasteiger partial charge in [0, 0.05) is 35.4 Å². The van der Waals surface area contributed by atoms with Gasteiger partial charge in [0.1, 0.15) is 5.84 Å². The first-order valence-corrected chi connectivity index (χ1v) is 10.4. The Labute approximate surface area is 156 Å². The zero-order valence-electron chi connectivity index (χ0n) is 14.4. The van der Waals surface area contributed by atoms with Crippen LogP contribution in [0.1, 0.15) is 35.3 Å². The van der Waals surface area contributed by atoms with Crippen LogP contribution >= 0.6 is 21.8 Å². The van der Waals surface area contributed by atoms with Crippen LogP contribution in [0.4, 0.5) is 0 Å². The van der Waals surface area contributed by atoms with Crippen LogP contribution in [0, 0.1) is 0 Å². The Bertz CT molecular complexity index is 716. The van der Waals surface area contributed by atoms with Gasteiger partial charge in [0.2, 0.25) is 0 Å². The van der Waals surface area contributed by atoms with E-state index < -0.39 is 5.97 Å². The van der Waals surface area contributed by atoms with Crippen molar-refractivity contribution in [2.75, 3.05) is 13.1 Å². The van der Waals surface area contributed by atoms with Crippen molar-refractivity contribution < 1.29 is 9.90 Å². The largest absolute Gasteiger partial charge is 0.478 e. The molecular formula is C19H22N2O2S2. The van der Waals surface area contributed by atoms with Gasteiger partial charge in [-0.2, -0.15) is 4.40 Å². The number of aromatic carboxylic acids is 1. The Hall–Kier alpha value is -1.92. The molecule has 25 heavy (non-hydrogen) atoms. The highest BCUT2D eigenvalue weighted by Gasteiger charge is 2.18. The van der Waals surface area contributed by atoms with Crippen LogP contribution in [0.2, 0.25) is 0 Å². The molecule has 2 aromatic carbocycles. The number of hydrogen-bond donors (Lipinski definition) is 1. The lowest BCUT2D eigenvalue weighted by Crippen LogP contribution is -2.32. The summed E-state index contributed by atoms with van der Waals surface area (Å²) in [4.78, 5) is 13.6. The van der Waals surface area contributed by atoms with Crippen LogP contribution < -0.4 is 0 Å². The Morgan fingerprint density at radius 2 is 1.60 bits per heavy atom. The fourth-order valence-electron chi connectivity index (χ4n) is 2.40. The maximum absolute atomic E-state index is 11.6. The second-order valence-corrected chi connectivity index (χ2v) is 7.27. The number of amidine groups is 1. The van der Waals surface area contributed by atoms with Gasteiger partial charge < -0.3 is 10.0 Å². The van der Waals surface area contributed by atoms with Crippen LogP contribution in [0.3, 0.4) is 0 Å². The highest BCUT2D eigenvalue weighted by atomic mass is 33.1. The lowest BCUT2D eigenvalue weighted by atomic mass is 10.1. The summed E-state index contributed by atoms with van der Waals surface area (Å²) in [6, 6.07) is 17.3. The van der Waals surface area contributed by atoms with Gasteiger partial charge in [-0.05, 0) is 25.5 Å². The molecule has 0 bridgehead atoms. The third-order valence-electron chi connectivity index (χ3n) is 3.71. The number of carboxylic acids is 1. The van der Waals surface area contributed by atoms with Crippen LogP contribution in [0.15, 0.2) is 59.0 Å². The van der Waals surface area contributed by atoms with Crippen molar-refractivity contribution in [1.29, 1.82) is 0 Å². The van der Waals surface area contributed by atoms with Crippen molar-refractivity contribution in [3.05, 3.63) is 71.3 Å². The molecule has 6 heteroatoms. The Balaban J connectivity index is 2.20. The predicted octanol–water partition coefficient (Wildman–Crippen LogP) is 4.97. The Morgan fingerprint density at radius 3 is 2.20 bits per heavy atom. The van der Waals surface area contributed by atoms with Crippen molar-refractivity contribution in [3.63, 3.8) is 0 Å². The molecule has 0 aromatic heterocycles. The first kappa shape index (κ1) is 19.4. The van der Waals surface area contributed by atoms with Crippen molar-refractivity contribution in [3.8, 4) is 0 Å². The van der Waals surface area contributed by atoms with E-state index in [2.05, 4.69) is 21.4 Å². The van der Waals surface area contributed by atoms with Crippen LogP contribution in [0.25, 0.3) is 0 Å². The van der Waals surface area contributed by atoms with Crippen molar-refractivity contribution in [1.82, 2.24) is 4.90 Å². The number of carboxylic acid groups (broad SMARTS) is 1. The average molecular weight is 375 g/mol. The third-order valence-corrected chi connectivity index (χ3v) is 5.40. The zero-order chi connectivity index (χ0) is 18.1. The van der Waals surface area contributed by atoms with Crippen LogP contribution in [-0.4, -0.2) is 34.9 Å². The summed E-state index contributed by atoms with van der Waals surface area (Å²) in [5.74, 6) is 0.632. The Morgan fingerprint density at radius 1 is 1.00 bits per heavy atom. The molecule has 0 saturated heterocycles. The fourth-order valence-corrected chi connectivity index (χ4v) is 4.05. The minimum absolute atomic E-state index is 0.279. The van der Waals surface area contributed by atoms with Crippen molar-refractivity contribution in [2.45, 2.75) is 19.6 Å². The molecule has 0 aliphatic rings. The van der Waals surface area contributed by atoms with E-state index in [-0.39, 0.29) is 5.56 Å². The van der Waals surface area contributed by atoms with E-state index in [0.717, 1.165) is 18.8 Å². The molecule has 2 aromatic rings. The van der Waals surface area contributed by atoms with Gasteiger partial charge in [-0.25, -0.2) is 4.79 Å². The van der Waals surface area contributed by atoms with Gasteiger partial charge in [0.15, 0.2) is 0 Å². The lowest BCUT2D eigenvalue weighted by Gasteiger charge is -2.23. The minimum Gasteiger partial charge on any atom is -0.478 e. The number of carbonyl (C=O) groups is 1. The summed E-state index contributed by atoms with van der Waals surface area (Å²) >= 11 is 0. The molecule has 0 aliphatic carbocycles. The van der Waals surface area contributed by atoms with Gasteiger partial charge in [-0.3, -0.25) is 0 Å². The zero-order valence-corrected chi connectivity index (χ0v) is 16.0. The molecule has 0 radical (unpaired) electrons. The summed E-state index contributed by atoms with van der Waals surface area (Å²) < 4.78 is 4.65. The van der Waals surface area contributed by atoms with Gasteiger partial charge in [-0.15, -0.1) is 0 Å². The maximum atomic E-state index is 11.6. The minimum atomic E-state index is -0.933. The van der Waals surface area contributed by atoms with Gasteiger partial charge in [0.05, 0.1) is 5.56 Å². The number of rotatable bonds is 8. The molecule has 0 amide bonds. The molecule has 0 spiro atoms. The maximum Gasteiger partial charge on any atom is 0.336 e.